The number of benzene rings is 1. The van der Waals surface area contributed by atoms with Crippen molar-refractivity contribution in [3.63, 3.8) is 0 Å². The third-order valence-corrected chi connectivity index (χ3v) is 2.44. The second-order valence-electron chi connectivity index (χ2n) is 3.61. The number of aliphatic hydroxyl groups is 1. The van der Waals surface area contributed by atoms with E-state index in [2.05, 4.69) is 16.9 Å². The first-order valence-electron chi connectivity index (χ1n) is 5.20. The molecule has 0 aliphatic rings. The van der Waals surface area contributed by atoms with Crippen LogP contribution in [0.5, 0.6) is 0 Å². The van der Waals surface area contributed by atoms with Crippen LogP contribution in [0.25, 0.3) is 11.0 Å². The zero-order chi connectivity index (χ0) is 10.7. The molecule has 0 aliphatic carbocycles. The minimum absolute atomic E-state index is 0.388. The van der Waals surface area contributed by atoms with Crippen molar-refractivity contribution in [2.75, 3.05) is 0 Å². The first kappa shape index (κ1) is 10.1. The first-order valence-corrected chi connectivity index (χ1v) is 5.20. The summed E-state index contributed by atoms with van der Waals surface area (Å²) in [5.74, 6) is 0. The average molecular weight is 202 g/mol. The molecule has 1 unspecified atom stereocenters. The van der Waals surface area contributed by atoms with Crippen LogP contribution >= 0.6 is 0 Å². The van der Waals surface area contributed by atoms with Gasteiger partial charge < -0.3 is 5.11 Å². The highest BCUT2D eigenvalue weighted by Crippen LogP contribution is 2.20. The molecule has 1 aromatic heterocycles. The van der Waals surface area contributed by atoms with Crippen LogP contribution in [0.1, 0.15) is 31.4 Å². The maximum absolute atomic E-state index is 9.83. The fourth-order valence-corrected chi connectivity index (χ4v) is 1.63. The molecule has 0 aliphatic heterocycles. The predicted molar refractivity (Wildman–Crippen MR) is 59.4 cm³/mol. The highest BCUT2D eigenvalue weighted by molar-refractivity contribution is 5.74. The molecular weight excluding hydrogens is 188 g/mol. The van der Waals surface area contributed by atoms with Crippen LogP contribution in [0, 0.1) is 0 Å². The monoisotopic (exact) mass is 202 g/mol. The topological polar surface area (TPSA) is 46.0 Å². The molecule has 0 amide bonds. The molecule has 1 aromatic carbocycles. The van der Waals surface area contributed by atoms with Gasteiger partial charge in [-0.3, -0.25) is 9.97 Å². The number of aliphatic hydroxyl groups excluding tert-OH is 1. The van der Waals surface area contributed by atoms with Crippen LogP contribution in [0.4, 0.5) is 0 Å². The molecule has 0 fully saturated rings. The molecule has 1 atom stereocenters. The summed E-state index contributed by atoms with van der Waals surface area (Å²) in [6.07, 6.45) is 4.70. The van der Waals surface area contributed by atoms with Gasteiger partial charge in [0.2, 0.25) is 0 Å². The van der Waals surface area contributed by atoms with E-state index >= 15 is 0 Å². The van der Waals surface area contributed by atoms with Gasteiger partial charge in [-0.2, -0.15) is 0 Å². The molecule has 0 spiro atoms. The lowest BCUT2D eigenvalue weighted by atomic mass is 10.0. The maximum atomic E-state index is 9.83. The van der Waals surface area contributed by atoms with Gasteiger partial charge in [0.15, 0.2) is 0 Å². The van der Waals surface area contributed by atoms with E-state index in [1.54, 1.807) is 12.4 Å². The number of rotatable bonds is 3. The fraction of sp³-hybridized carbons (Fsp3) is 0.333. The second-order valence-corrected chi connectivity index (χ2v) is 3.61. The van der Waals surface area contributed by atoms with Gasteiger partial charge in [-0.15, -0.1) is 0 Å². The van der Waals surface area contributed by atoms with Gasteiger partial charge >= 0.3 is 0 Å². The Bertz CT molecular complexity index is 456. The van der Waals surface area contributed by atoms with E-state index in [9.17, 15) is 5.11 Å². The van der Waals surface area contributed by atoms with Crippen molar-refractivity contribution in [2.24, 2.45) is 0 Å². The smallest absolute Gasteiger partial charge is 0.0890 e. The van der Waals surface area contributed by atoms with Gasteiger partial charge in [-0.25, -0.2) is 0 Å². The van der Waals surface area contributed by atoms with Gasteiger partial charge in [0.25, 0.3) is 0 Å². The van der Waals surface area contributed by atoms with Crippen molar-refractivity contribution in [1.29, 1.82) is 0 Å². The molecule has 78 valence electrons. The summed E-state index contributed by atoms with van der Waals surface area (Å²) in [5, 5.41) is 9.83. The van der Waals surface area contributed by atoms with Crippen molar-refractivity contribution in [3.05, 3.63) is 36.2 Å². The van der Waals surface area contributed by atoms with Crippen molar-refractivity contribution in [3.8, 4) is 0 Å². The number of hydrogen-bond donors (Lipinski definition) is 1. The lowest BCUT2D eigenvalue weighted by Gasteiger charge is -2.09. The molecule has 0 radical (unpaired) electrons. The minimum Gasteiger partial charge on any atom is -0.388 e. The van der Waals surface area contributed by atoms with Crippen LogP contribution in [-0.4, -0.2) is 15.1 Å². The minimum atomic E-state index is -0.388. The van der Waals surface area contributed by atoms with E-state index in [0.717, 1.165) is 29.4 Å². The Labute approximate surface area is 88.8 Å². The Kier molecular flexibility index (Phi) is 2.92. The number of hydrogen-bond acceptors (Lipinski definition) is 3. The maximum Gasteiger partial charge on any atom is 0.0890 e. The molecule has 1 N–H and O–H groups in total. The molecule has 0 saturated heterocycles. The van der Waals surface area contributed by atoms with Gasteiger partial charge in [-0.05, 0) is 24.1 Å². The van der Waals surface area contributed by atoms with Crippen molar-refractivity contribution < 1.29 is 5.11 Å². The number of aromatic nitrogens is 2. The average Bonchev–Trinajstić information content (AvgIpc) is 2.29. The van der Waals surface area contributed by atoms with E-state index in [4.69, 9.17) is 0 Å². The Morgan fingerprint density at radius 3 is 2.67 bits per heavy atom. The molecule has 3 heteroatoms. The SMILES string of the molecule is CCCC(O)c1ccc2nccnc2c1. The first-order chi connectivity index (χ1) is 7.31. The van der Waals surface area contributed by atoms with E-state index < -0.39 is 0 Å². The number of fused-ring (bicyclic) bond motifs is 1. The van der Waals surface area contributed by atoms with Crippen molar-refractivity contribution in [1.82, 2.24) is 9.97 Å². The van der Waals surface area contributed by atoms with Crippen molar-refractivity contribution in [2.45, 2.75) is 25.9 Å². The van der Waals surface area contributed by atoms with Crippen LogP contribution in [0.3, 0.4) is 0 Å². The lowest BCUT2D eigenvalue weighted by Crippen LogP contribution is -1.97. The molecule has 2 aromatic rings. The highest BCUT2D eigenvalue weighted by Gasteiger charge is 2.07. The molecule has 15 heavy (non-hydrogen) atoms. The van der Waals surface area contributed by atoms with Crippen LogP contribution in [0.15, 0.2) is 30.6 Å². The standard InChI is InChI=1S/C12H14N2O/c1-2-3-12(15)9-4-5-10-11(8-9)14-7-6-13-10/h4-8,12,15H,2-3H2,1H3. The molecule has 1 heterocycles. The van der Waals surface area contributed by atoms with Crippen LogP contribution in [-0.2, 0) is 0 Å². The Morgan fingerprint density at radius 1 is 1.20 bits per heavy atom. The zero-order valence-electron chi connectivity index (χ0n) is 8.72. The van der Waals surface area contributed by atoms with Crippen LogP contribution < -0.4 is 0 Å². The fourth-order valence-electron chi connectivity index (χ4n) is 1.63. The predicted octanol–water partition coefficient (Wildman–Crippen LogP) is 2.46. The summed E-state index contributed by atoms with van der Waals surface area (Å²) in [6.45, 7) is 2.06. The summed E-state index contributed by atoms with van der Waals surface area (Å²) < 4.78 is 0. The summed E-state index contributed by atoms with van der Waals surface area (Å²) in [7, 11) is 0. The summed E-state index contributed by atoms with van der Waals surface area (Å²) in [4.78, 5) is 8.39. The lowest BCUT2D eigenvalue weighted by molar-refractivity contribution is 0.166. The second kappa shape index (κ2) is 4.36. The number of nitrogens with zero attached hydrogens (tertiary/aromatic N) is 2. The largest absolute Gasteiger partial charge is 0.388 e. The summed E-state index contributed by atoms with van der Waals surface area (Å²) in [6, 6.07) is 5.72. The molecule has 3 nitrogen and oxygen atoms in total. The molecule has 0 bridgehead atoms. The van der Waals surface area contributed by atoms with Crippen molar-refractivity contribution >= 4 is 11.0 Å². The molecule has 2 rings (SSSR count). The summed E-state index contributed by atoms with van der Waals surface area (Å²) >= 11 is 0. The normalized spacial score (nSPS) is 12.9. The zero-order valence-corrected chi connectivity index (χ0v) is 8.72. The quantitative estimate of drug-likeness (QED) is 0.831. The van der Waals surface area contributed by atoms with E-state index in [-0.39, 0.29) is 6.10 Å². The third-order valence-electron chi connectivity index (χ3n) is 2.44. The van der Waals surface area contributed by atoms with E-state index in [0.29, 0.717) is 0 Å². The Morgan fingerprint density at radius 2 is 1.93 bits per heavy atom. The van der Waals surface area contributed by atoms with Gasteiger partial charge in [0, 0.05) is 12.4 Å². The van der Waals surface area contributed by atoms with E-state index in [1.165, 1.54) is 0 Å². The Hall–Kier alpha value is -1.48. The van der Waals surface area contributed by atoms with Gasteiger partial charge in [0.05, 0.1) is 17.1 Å². The summed E-state index contributed by atoms with van der Waals surface area (Å²) in [5.41, 5.74) is 2.62. The van der Waals surface area contributed by atoms with Gasteiger partial charge in [0.1, 0.15) is 0 Å². The highest BCUT2D eigenvalue weighted by atomic mass is 16.3. The Balaban J connectivity index is 2.38. The molecular formula is C12H14N2O. The van der Waals surface area contributed by atoms with E-state index in [1.807, 2.05) is 18.2 Å². The van der Waals surface area contributed by atoms with Crippen LogP contribution in [0.2, 0.25) is 0 Å². The third kappa shape index (κ3) is 2.13. The molecule has 0 saturated carbocycles. The van der Waals surface area contributed by atoms with Gasteiger partial charge in [-0.1, -0.05) is 19.4 Å².